The number of aromatic amines is 1. The van der Waals surface area contributed by atoms with Crippen LogP contribution in [0.1, 0.15) is 32.9 Å². The number of benzene rings is 1. The molecule has 3 heterocycles. The molecule has 3 N–H and O–H groups in total. The Kier molecular flexibility index (Phi) is 7.39. The minimum Gasteiger partial charge on any atom is -0.461 e. The summed E-state index contributed by atoms with van der Waals surface area (Å²) in [6.07, 6.45) is 0.686. The van der Waals surface area contributed by atoms with Crippen molar-refractivity contribution in [2.75, 3.05) is 26.4 Å². The van der Waals surface area contributed by atoms with Crippen molar-refractivity contribution in [3.05, 3.63) is 48.2 Å². The number of aliphatic hydroxyl groups is 1. The van der Waals surface area contributed by atoms with Gasteiger partial charge in [0.15, 0.2) is 5.82 Å². The molecule has 1 aliphatic heterocycles. The number of carbonyl (C=O) groups is 1. The van der Waals surface area contributed by atoms with E-state index in [0.29, 0.717) is 28.5 Å². The van der Waals surface area contributed by atoms with Gasteiger partial charge in [-0.3, -0.25) is 4.79 Å². The van der Waals surface area contributed by atoms with Gasteiger partial charge in [0, 0.05) is 17.8 Å². The monoisotopic (exact) mass is 485 g/mol. The van der Waals surface area contributed by atoms with E-state index < -0.39 is 11.7 Å². The number of H-pyrrole nitrogens is 1. The summed E-state index contributed by atoms with van der Waals surface area (Å²) in [6, 6.07) is 7.67. The number of carbonyl (C=O) groups excluding carboxylic acids is 1. The first-order chi connectivity index (χ1) is 16.8. The van der Waals surface area contributed by atoms with Crippen LogP contribution in [0.2, 0.25) is 0 Å². The fourth-order valence-corrected chi connectivity index (χ4v) is 3.53. The first-order valence-electron chi connectivity index (χ1n) is 11.3. The number of nitrogens with zero attached hydrogens (tertiary/aromatic N) is 3. The Morgan fingerprint density at radius 2 is 1.97 bits per heavy atom. The molecule has 4 rings (SSSR count). The zero-order valence-electron chi connectivity index (χ0n) is 19.7. The van der Waals surface area contributed by atoms with Crippen molar-refractivity contribution >= 4 is 5.91 Å². The van der Waals surface area contributed by atoms with Gasteiger partial charge >= 0.3 is 6.01 Å². The van der Waals surface area contributed by atoms with Gasteiger partial charge in [-0.1, -0.05) is 0 Å². The lowest BCUT2D eigenvalue weighted by atomic mass is 9.90. The molecule has 186 valence electrons. The molecule has 1 saturated heterocycles. The molecule has 1 aromatic carbocycles. The predicted octanol–water partition coefficient (Wildman–Crippen LogP) is 2.62. The lowest BCUT2D eigenvalue weighted by Crippen LogP contribution is -2.50. The summed E-state index contributed by atoms with van der Waals surface area (Å²) in [6.45, 7) is 5.73. The molecule has 10 nitrogen and oxygen atoms in total. The molecule has 0 aliphatic carbocycles. The third kappa shape index (κ3) is 5.64. The highest BCUT2D eigenvalue weighted by atomic mass is 19.1. The standard InChI is InChI=1S/C24H28FN5O5/c1-14(2)27-22(32)24(3)12-34-21(35-13-24)20-29-18(15-4-6-16(25)7-5-15)19(30-20)17-8-9-26-23(28-17)33-11-10-31/h4-9,14,21,31H,10-13H2,1-3H3,(H,27,32)(H,29,30). The number of halogens is 1. The number of hydrogen-bond donors (Lipinski definition) is 3. The summed E-state index contributed by atoms with van der Waals surface area (Å²) < 4.78 is 30.7. The highest BCUT2D eigenvalue weighted by molar-refractivity contribution is 5.83. The minimum absolute atomic E-state index is 0.00191. The van der Waals surface area contributed by atoms with Crippen molar-refractivity contribution in [3.63, 3.8) is 0 Å². The lowest BCUT2D eigenvalue weighted by molar-refractivity contribution is -0.231. The molecule has 11 heteroatoms. The van der Waals surface area contributed by atoms with Crippen molar-refractivity contribution in [1.82, 2.24) is 25.3 Å². The van der Waals surface area contributed by atoms with E-state index in [1.54, 1.807) is 25.1 Å². The largest absolute Gasteiger partial charge is 0.461 e. The normalized spacial score (nSPS) is 20.1. The van der Waals surface area contributed by atoms with Crippen LogP contribution < -0.4 is 10.1 Å². The summed E-state index contributed by atoms with van der Waals surface area (Å²) >= 11 is 0. The van der Waals surface area contributed by atoms with E-state index in [1.165, 1.54) is 18.3 Å². The topological polar surface area (TPSA) is 131 Å². The highest BCUT2D eigenvalue weighted by Gasteiger charge is 2.41. The fraction of sp³-hybridized carbons (Fsp3) is 0.417. The Bertz CT molecular complexity index is 1160. The molecule has 0 unspecified atom stereocenters. The molecule has 1 amide bonds. The summed E-state index contributed by atoms with van der Waals surface area (Å²) in [7, 11) is 0. The predicted molar refractivity (Wildman–Crippen MR) is 124 cm³/mol. The maximum atomic E-state index is 13.6. The van der Waals surface area contributed by atoms with Crippen LogP contribution in [-0.4, -0.2) is 63.4 Å². The molecule has 0 spiro atoms. The van der Waals surface area contributed by atoms with Crippen LogP contribution in [0, 0.1) is 11.2 Å². The second-order valence-electron chi connectivity index (χ2n) is 8.79. The van der Waals surface area contributed by atoms with Gasteiger partial charge in [0.05, 0.1) is 42.3 Å². The van der Waals surface area contributed by atoms with Crippen LogP contribution in [0.15, 0.2) is 36.5 Å². The van der Waals surface area contributed by atoms with Crippen LogP contribution in [0.3, 0.4) is 0 Å². The minimum atomic E-state index is -0.838. The smallest absolute Gasteiger partial charge is 0.317 e. The van der Waals surface area contributed by atoms with Crippen LogP contribution in [-0.2, 0) is 14.3 Å². The summed E-state index contributed by atoms with van der Waals surface area (Å²) in [4.78, 5) is 28.9. The third-order valence-electron chi connectivity index (χ3n) is 5.35. The second-order valence-corrected chi connectivity index (χ2v) is 8.79. The van der Waals surface area contributed by atoms with Crippen molar-refractivity contribution in [3.8, 4) is 28.7 Å². The molecule has 0 atom stereocenters. The van der Waals surface area contributed by atoms with Gasteiger partial charge < -0.3 is 29.6 Å². The Balaban J connectivity index is 1.64. The van der Waals surface area contributed by atoms with Crippen molar-refractivity contribution in [1.29, 1.82) is 0 Å². The van der Waals surface area contributed by atoms with E-state index in [1.807, 2.05) is 13.8 Å². The Hall–Kier alpha value is -3.41. The molecule has 0 bridgehead atoms. The van der Waals surface area contributed by atoms with Gasteiger partial charge in [-0.15, -0.1) is 0 Å². The van der Waals surface area contributed by atoms with E-state index >= 15 is 0 Å². The highest BCUT2D eigenvalue weighted by Crippen LogP contribution is 2.35. The Morgan fingerprint density at radius 1 is 1.26 bits per heavy atom. The van der Waals surface area contributed by atoms with Crippen LogP contribution in [0.4, 0.5) is 4.39 Å². The maximum absolute atomic E-state index is 13.6. The van der Waals surface area contributed by atoms with E-state index in [2.05, 4.69) is 25.3 Å². The summed E-state index contributed by atoms with van der Waals surface area (Å²) in [5.41, 5.74) is 1.33. The second kappa shape index (κ2) is 10.5. The quantitative estimate of drug-likeness (QED) is 0.444. The molecule has 1 fully saturated rings. The number of imidazole rings is 1. The summed E-state index contributed by atoms with van der Waals surface area (Å²) in [5.74, 6) is -0.137. The molecule has 35 heavy (non-hydrogen) atoms. The van der Waals surface area contributed by atoms with Crippen LogP contribution in [0.25, 0.3) is 22.6 Å². The van der Waals surface area contributed by atoms with Gasteiger partial charge in [0.25, 0.3) is 0 Å². The molecule has 3 aromatic rings. The molecule has 1 aliphatic rings. The average molecular weight is 486 g/mol. The first-order valence-corrected chi connectivity index (χ1v) is 11.3. The third-order valence-corrected chi connectivity index (χ3v) is 5.35. The number of amides is 1. The van der Waals surface area contributed by atoms with E-state index in [4.69, 9.17) is 19.3 Å². The van der Waals surface area contributed by atoms with Gasteiger partial charge in [-0.2, -0.15) is 4.98 Å². The number of ether oxygens (including phenoxy) is 3. The van der Waals surface area contributed by atoms with Crippen molar-refractivity contribution in [2.24, 2.45) is 5.41 Å². The van der Waals surface area contributed by atoms with Crippen LogP contribution >= 0.6 is 0 Å². The van der Waals surface area contributed by atoms with Gasteiger partial charge in [0.1, 0.15) is 12.4 Å². The SMILES string of the molecule is CC(C)NC(=O)C1(C)COC(c2nc(-c3ccc(F)cc3)c(-c3ccnc(OCCO)n3)[nH]2)OC1. The van der Waals surface area contributed by atoms with E-state index in [0.717, 1.165) is 0 Å². The number of hydrogen-bond acceptors (Lipinski definition) is 8. The average Bonchev–Trinajstić information content (AvgIpc) is 3.29. The molecule has 2 aromatic heterocycles. The fourth-order valence-electron chi connectivity index (χ4n) is 3.53. The van der Waals surface area contributed by atoms with E-state index in [-0.39, 0.29) is 50.2 Å². The maximum Gasteiger partial charge on any atom is 0.317 e. The summed E-state index contributed by atoms with van der Waals surface area (Å²) in [5, 5.41) is 11.9. The van der Waals surface area contributed by atoms with Gasteiger partial charge in [-0.25, -0.2) is 14.4 Å². The molecule has 0 saturated carbocycles. The number of aliphatic hydroxyl groups excluding tert-OH is 1. The Labute approximate surface area is 201 Å². The Morgan fingerprint density at radius 3 is 2.63 bits per heavy atom. The molecular weight excluding hydrogens is 457 g/mol. The first kappa shape index (κ1) is 24.7. The van der Waals surface area contributed by atoms with Gasteiger partial charge in [0.2, 0.25) is 12.2 Å². The van der Waals surface area contributed by atoms with Crippen LogP contribution in [0.5, 0.6) is 6.01 Å². The van der Waals surface area contributed by atoms with E-state index in [9.17, 15) is 9.18 Å². The lowest BCUT2D eigenvalue weighted by Gasteiger charge is -2.35. The zero-order chi connectivity index (χ0) is 25.0. The zero-order valence-corrected chi connectivity index (χ0v) is 19.7. The molecule has 0 radical (unpaired) electrons. The number of nitrogens with one attached hydrogen (secondary N) is 2. The molecular formula is C24H28FN5O5. The van der Waals surface area contributed by atoms with Crippen molar-refractivity contribution < 1.29 is 28.5 Å². The van der Waals surface area contributed by atoms with Crippen molar-refractivity contribution in [2.45, 2.75) is 33.1 Å². The number of rotatable bonds is 8. The van der Waals surface area contributed by atoms with Gasteiger partial charge in [-0.05, 0) is 51.1 Å². The number of aromatic nitrogens is 4.